The van der Waals surface area contributed by atoms with E-state index in [0.29, 0.717) is 0 Å². The van der Waals surface area contributed by atoms with Crippen molar-refractivity contribution in [3.8, 4) is 0 Å². The fourth-order valence-electron chi connectivity index (χ4n) is 2.95. The summed E-state index contributed by atoms with van der Waals surface area (Å²) in [7, 11) is 0. The molecule has 0 saturated carbocycles. The lowest BCUT2D eigenvalue weighted by atomic mass is 10.1. The van der Waals surface area contributed by atoms with Crippen molar-refractivity contribution in [1.82, 2.24) is 10.2 Å². The number of hydrogen-bond donors (Lipinski definition) is 2. The van der Waals surface area contributed by atoms with Gasteiger partial charge in [-0.05, 0) is 37.6 Å². The van der Waals surface area contributed by atoms with Gasteiger partial charge in [0.25, 0.3) is 0 Å². The van der Waals surface area contributed by atoms with E-state index >= 15 is 0 Å². The van der Waals surface area contributed by atoms with Gasteiger partial charge in [0.1, 0.15) is 0 Å². The van der Waals surface area contributed by atoms with Gasteiger partial charge in [0.15, 0.2) is 0 Å². The van der Waals surface area contributed by atoms with Gasteiger partial charge < -0.3 is 15.3 Å². The van der Waals surface area contributed by atoms with Crippen LogP contribution in [0.2, 0.25) is 0 Å². The average molecular weight is 291 g/mol. The molecule has 0 unspecified atom stereocenters. The number of β-amino-alcohol motifs (C(OH)–C–C–N with tert-alkyl or cyclic N) is 1. The van der Waals surface area contributed by atoms with Crippen molar-refractivity contribution in [1.29, 1.82) is 0 Å². The first-order valence-corrected chi connectivity index (χ1v) is 8.22. The molecular formula is C17H29N3O. The molecule has 4 nitrogen and oxygen atoms in total. The second kappa shape index (κ2) is 9.03. The third-order valence-corrected chi connectivity index (χ3v) is 4.08. The second-order valence-corrected chi connectivity index (χ2v) is 5.71. The van der Waals surface area contributed by atoms with Crippen molar-refractivity contribution in [2.45, 2.75) is 26.3 Å². The smallest absolute Gasteiger partial charge is 0.0558 e. The Kier molecular flexibility index (Phi) is 7.00. The third kappa shape index (κ3) is 4.99. The van der Waals surface area contributed by atoms with Gasteiger partial charge in [-0.15, -0.1) is 0 Å². The van der Waals surface area contributed by atoms with Gasteiger partial charge in [0.2, 0.25) is 0 Å². The monoisotopic (exact) mass is 291 g/mol. The molecule has 1 fully saturated rings. The molecule has 4 heteroatoms. The molecule has 1 aromatic carbocycles. The highest BCUT2D eigenvalue weighted by Crippen LogP contribution is 2.21. The molecule has 0 aromatic heterocycles. The lowest BCUT2D eigenvalue weighted by Crippen LogP contribution is -2.33. The first kappa shape index (κ1) is 16.3. The van der Waals surface area contributed by atoms with E-state index in [1.807, 2.05) is 0 Å². The minimum Gasteiger partial charge on any atom is -0.395 e. The number of benzene rings is 1. The van der Waals surface area contributed by atoms with Crippen LogP contribution in [0.15, 0.2) is 24.3 Å². The predicted molar refractivity (Wildman–Crippen MR) is 88.8 cm³/mol. The summed E-state index contributed by atoms with van der Waals surface area (Å²) in [5.41, 5.74) is 2.76. The summed E-state index contributed by atoms with van der Waals surface area (Å²) in [6.07, 6.45) is 2.33. The average Bonchev–Trinajstić information content (AvgIpc) is 2.74. The van der Waals surface area contributed by atoms with Crippen LogP contribution < -0.4 is 10.2 Å². The minimum atomic E-state index is 0.261. The van der Waals surface area contributed by atoms with Gasteiger partial charge in [0, 0.05) is 38.4 Å². The molecule has 1 aromatic rings. The number of aliphatic hydroxyl groups is 1. The zero-order valence-electron chi connectivity index (χ0n) is 13.2. The molecule has 2 N–H and O–H groups in total. The summed E-state index contributed by atoms with van der Waals surface area (Å²) in [5.74, 6) is 0. The number of nitrogens with zero attached hydrogens (tertiary/aromatic N) is 2. The van der Waals surface area contributed by atoms with Crippen LogP contribution in [0, 0.1) is 0 Å². The Hall–Kier alpha value is -1.10. The largest absolute Gasteiger partial charge is 0.395 e. The van der Waals surface area contributed by atoms with E-state index in [0.717, 1.165) is 52.2 Å². The van der Waals surface area contributed by atoms with Crippen molar-refractivity contribution in [2.24, 2.45) is 0 Å². The van der Waals surface area contributed by atoms with Gasteiger partial charge in [-0.3, -0.25) is 4.90 Å². The maximum Gasteiger partial charge on any atom is 0.0558 e. The fourth-order valence-corrected chi connectivity index (χ4v) is 2.95. The molecule has 21 heavy (non-hydrogen) atoms. The first-order chi connectivity index (χ1) is 10.3. The quantitative estimate of drug-likeness (QED) is 0.750. The number of para-hydroxylation sites is 1. The van der Waals surface area contributed by atoms with Crippen LogP contribution in [-0.2, 0) is 6.54 Å². The first-order valence-electron chi connectivity index (χ1n) is 8.22. The molecule has 1 aliphatic heterocycles. The minimum absolute atomic E-state index is 0.261. The highest BCUT2D eigenvalue weighted by Gasteiger charge is 2.16. The van der Waals surface area contributed by atoms with E-state index in [4.69, 9.17) is 5.11 Å². The van der Waals surface area contributed by atoms with Crippen molar-refractivity contribution in [3.05, 3.63) is 29.8 Å². The molecule has 0 atom stereocenters. The van der Waals surface area contributed by atoms with E-state index < -0.39 is 0 Å². The van der Waals surface area contributed by atoms with Crippen LogP contribution >= 0.6 is 0 Å². The van der Waals surface area contributed by atoms with Crippen LogP contribution in [-0.4, -0.2) is 55.9 Å². The fraction of sp³-hybridized carbons (Fsp3) is 0.647. The van der Waals surface area contributed by atoms with E-state index in [2.05, 4.69) is 46.3 Å². The molecule has 1 aliphatic rings. The summed E-state index contributed by atoms with van der Waals surface area (Å²) in [6, 6.07) is 8.73. The predicted octanol–water partition coefficient (Wildman–Crippen LogP) is 1.69. The standard InChI is InChI=1S/C17H29N3O/c1-2-8-18-15-16-6-3-4-7-17(16)20-10-5-9-19(11-12-20)13-14-21/h3-4,6-7,18,21H,2,5,8-15H2,1H3. The zero-order valence-corrected chi connectivity index (χ0v) is 13.2. The highest BCUT2D eigenvalue weighted by molar-refractivity contribution is 5.53. The van der Waals surface area contributed by atoms with Crippen molar-refractivity contribution in [2.75, 3.05) is 50.8 Å². The number of aliphatic hydroxyl groups excluding tert-OH is 1. The summed E-state index contributed by atoms with van der Waals surface area (Å²) in [5, 5.41) is 12.6. The molecule has 0 amide bonds. The zero-order chi connectivity index (χ0) is 14.9. The summed E-state index contributed by atoms with van der Waals surface area (Å²) in [4.78, 5) is 4.86. The van der Waals surface area contributed by atoms with Gasteiger partial charge in [0.05, 0.1) is 6.61 Å². The summed E-state index contributed by atoms with van der Waals surface area (Å²) >= 11 is 0. The Balaban J connectivity index is 2.00. The third-order valence-electron chi connectivity index (χ3n) is 4.08. The van der Waals surface area contributed by atoms with Gasteiger partial charge in [-0.25, -0.2) is 0 Å². The van der Waals surface area contributed by atoms with E-state index in [1.54, 1.807) is 0 Å². The SMILES string of the molecule is CCCNCc1ccccc1N1CCCN(CCO)CC1. The number of nitrogens with one attached hydrogen (secondary N) is 1. The normalized spacial score (nSPS) is 17.0. The molecule has 118 valence electrons. The Morgan fingerprint density at radius 1 is 1.14 bits per heavy atom. The molecule has 0 spiro atoms. The van der Waals surface area contributed by atoms with Crippen molar-refractivity contribution < 1.29 is 5.11 Å². The second-order valence-electron chi connectivity index (χ2n) is 5.71. The van der Waals surface area contributed by atoms with Crippen LogP contribution in [0.5, 0.6) is 0 Å². The molecule has 0 aliphatic carbocycles. The van der Waals surface area contributed by atoms with Crippen LogP contribution in [0.3, 0.4) is 0 Å². The Labute approximate surface area is 128 Å². The summed E-state index contributed by atoms with van der Waals surface area (Å²) < 4.78 is 0. The van der Waals surface area contributed by atoms with E-state index in [-0.39, 0.29) is 6.61 Å². The highest BCUT2D eigenvalue weighted by atomic mass is 16.3. The maximum atomic E-state index is 9.09. The lowest BCUT2D eigenvalue weighted by molar-refractivity contribution is 0.204. The van der Waals surface area contributed by atoms with Crippen LogP contribution in [0.4, 0.5) is 5.69 Å². The molecular weight excluding hydrogens is 262 g/mol. The topological polar surface area (TPSA) is 38.7 Å². The number of rotatable bonds is 7. The Morgan fingerprint density at radius 3 is 2.81 bits per heavy atom. The number of anilines is 1. The van der Waals surface area contributed by atoms with Gasteiger partial charge in [-0.2, -0.15) is 0 Å². The van der Waals surface area contributed by atoms with Crippen LogP contribution in [0.1, 0.15) is 25.3 Å². The van der Waals surface area contributed by atoms with Crippen molar-refractivity contribution >= 4 is 5.69 Å². The molecule has 1 saturated heterocycles. The van der Waals surface area contributed by atoms with Gasteiger partial charge in [-0.1, -0.05) is 25.1 Å². The van der Waals surface area contributed by atoms with E-state index in [1.165, 1.54) is 17.7 Å². The molecule has 1 heterocycles. The van der Waals surface area contributed by atoms with Crippen molar-refractivity contribution in [3.63, 3.8) is 0 Å². The number of hydrogen-bond acceptors (Lipinski definition) is 4. The Bertz CT molecular complexity index is 411. The molecule has 0 bridgehead atoms. The van der Waals surface area contributed by atoms with Gasteiger partial charge >= 0.3 is 0 Å². The molecule has 2 rings (SSSR count). The molecule has 0 radical (unpaired) electrons. The van der Waals surface area contributed by atoms with E-state index in [9.17, 15) is 0 Å². The summed E-state index contributed by atoms with van der Waals surface area (Å²) in [6.45, 7) is 9.55. The lowest BCUT2D eigenvalue weighted by Gasteiger charge is -2.26. The Morgan fingerprint density at radius 2 is 2.00 bits per heavy atom. The maximum absolute atomic E-state index is 9.09. The van der Waals surface area contributed by atoms with Crippen LogP contribution in [0.25, 0.3) is 0 Å².